The minimum absolute atomic E-state index is 0.500. The fourth-order valence-electron chi connectivity index (χ4n) is 0.882. The van der Waals surface area contributed by atoms with Gasteiger partial charge in [-0.05, 0) is 34.1 Å². The molecule has 0 aromatic heterocycles. The van der Waals surface area contributed by atoms with Gasteiger partial charge in [0.15, 0.2) is 0 Å². The van der Waals surface area contributed by atoms with Crippen LogP contribution in [0.5, 0.6) is 0 Å². The van der Waals surface area contributed by atoms with Crippen LogP contribution in [0.25, 0.3) is 0 Å². The molecule has 0 spiro atoms. The maximum atomic E-state index is 10.2. The van der Waals surface area contributed by atoms with Crippen LogP contribution in [0.1, 0.15) is 47.5 Å². The van der Waals surface area contributed by atoms with Gasteiger partial charge < -0.3 is 15.5 Å². The van der Waals surface area contributed by atoms with Crippen LogP contribution in [-0.2, 0) is 0 Å². The summed E-state index contributed by atoms with van der Waals surface area (Å²) in [6, 6.07) is 1.92. The van der Waals surface area contributed by atoms with Crippen molar-refractivity contribution in [3.8, 4) is 6.07 Å². The molecule has 16 heavy (non-hydrogen) atoms. The fourth-order valence-corrected chi connectivity index (χ4v) is 0.882. The molecule has 1 unspecified atom stereocenters. The average Bonchev–Trinajstić information content (AvgIpc) is 2.00. The smallest absolute Gasteiger partial charge is 0.405 e. The van der Waals surface area contributed by atoms with Crippen molar-refractivity contribution in [1.29, 1.82) is 5.26 Å². The Kier molecular flexibility index (Phi) is 7.57. The first kappa shape index (κ1) is 17.1. The summed E-state index contributed by atoms with van der Waals surface area (Å²) < 4.78 is 0. The highest BCUT2D eigenvalue weighted by Crippen LogP contribution is 2.09. The molecule has 0 aromatic rings. The third-order valence-corrected chi connectivity index (χ3v) is 1.38. The van der Waals surface area contributed by atoms with Gasteiger partial charge in [-0.3, -0.25) is 0 Å². The SMILES string of the molecule is CC(C)(C)O.CCCC(C)(C#N)NC(=O)O. The molecule has 1 amide bonds. The molecule has 94 valence electrons. The predicted octanol–water partition coefficient (Wildman–Crippen LogP) is 2.11. The lowest BCUT2D eigenvalue weighted by atomic mass is 9.99. The lowest BCUT2D eigenvalue weighted by molar-refractivity contribution is 0.102. The lowest BCUT2D eigenvalue weighted by Crippen LogP contribution is -2.43. The highest BCUT2D eigenvalue weighted by molar-refractivity contribution is 5.66. The highest BCUT2D eigenvalue weighted by Gasteiger charge is 2.24. The maximum absolute atomic E-state index is 10.2. The number of nitrogens with one attached hydrogen (secondary N) is 1. The molecule has 0 heterocycles. The summed E-state index contributed by atoms with van der Waals surface area (Å²) in [5.74, 6) is 0. The third kappa shape index (κ3) is 15.2. The van der Waals surface area contributed by atoms with Crippen LogP contribution in [0, 0.1) is 11.3 Å². The molecule has 5 nitrogen and oxygen atoms in total. The van der Waals surface area contributed by atoms with Crippen LogP contribution in [-0.4, -0.2) is 27.4 Å². The molecular formula is C11H22N2O3. The number of hydrogen-bond donors (Lipinski definition) is 3. The summed E-state index contributed by atoms with van der Waals surface area (Å²) in [6.07, 6.45) is 0.169. The Morgan fingerprint density at radius 1 is 1.38 bits per heavy atom. The van der Waals surface area contributed by atoms with Crippen LogP contribution in [0.4, 0.5) is 4.79 Å². The molecule has 0 radical (unpaired) electrons. The van der Waals surface area contributed by atoms with Crippen molar-refractivity contribution in [2.45, 2.75) is 58.6 Å². The first-order chi connectivity index (χ1) is 7.04. The summed E-state index contributed by atoms with van der Waals surface area (Å²) in [6.45, 7) is 8.71. The molecule has 0 saturated carbocycles. The van der Waals surface area contributed by atoms with Crippen molar-refractivity contribution in [3.05, 3.63) is 0 Å². The van der Waals surface area contributed by atoms with E-state index in [4.69, 9.17) is 15.5 Å². The first-order valence-electron chi connectivity index (χ1n) is 5.19. The second-order valence-electron chi connectivity index (χ2n) is 4.79. The van der Waals surface area contributed by atoms with Crippen LogP contribution >= 0.6 is 0 Å². The lowest BCUT2D eigenvalue weighted by Gasteiger charge is -2.19. The molecule has 0 rings (SSSR count). The highest BCUT2D eigenvalue weighted by atomic mass is 16.4. The van der Waals surface area contributed by atoms with E-state index in [2.05, 4.69) is 5.32 Å². The van der Waals surface area contributed by atoms with Crippen molar-refractivity contribution >= 4 is 6.09 Å². The van der Waals surface area contributed by atoms with Gasteiger partial charge in [0.25, 0.3) is 0 Å². The largest absolute Gasteiger partial charge is 0.465 e. The Labute approximate surface area is 97.1 Å². The van der Waals surface area contributed by atoms with Gasteiger partial charge in [0.2, 0.25) is 0 Å². The summed E-state index contributed by atoms with van der Waals surface area (Å²) in [5.41, 5.74) is -1.43. The van der Waals surface area contributed by atoms with E-state index in [1.165, 1.54) is 0 Å². The zero-order valence-electron chi connectivity index (χ0n) is 10.7. The van der Waals surface area contributed by atoms with E-state index in [1.54, 1.807) is 27.7 Å². The van der Waals surface area contributed by atoms with E-state index in [0.717, 1.165) is 6.42 Å². The fraction of sp³-hybridized carbons (Fsp3) is 0.818. The number of amides is 1. The van der Waals surface area contributed by atoms with Gasteiger partial charge >= 0.3 is 6.09 Å². The average molecular weight is 230 g/mol. The molecule has 3 N–H and O–H groups in total. The zero-order valence-corrected chi connectivity index (χ0v) is 10.7. The van der Waals surface area contributed by atoms with Crippen LogP contribution in [0.3, 0.4) is 0 Å². The molecule has 0 aliphatic heterocycles. The van der Waals surface area contributed by atoms with Gasteiger partial charge in [0, 0.05) is 0 Å². The Bertz CT molecular complexity index is 247. The van der Waals surface area contributed by atoms with E-state index in [1.807, 2.05) is 13.0 Å². The van der Waals surface area contributed by atoms with Gasteiger partial charge in [-0.1, -0.05) is 13.3 Å². The molecule has 0 aromatic carbocycles. The van der Waals surface area contributed by atoms with E-state index in [-0.39, 0.29) is 0 Å². The summed E-state index contributed by atoms with van der Waals surface area (Å²) in [7, 11) is 0. The standard InChI is InChI=1S/C7H12N2O2.C4H10O/c1-3-4-7(2,5-8)9-6(10)11;1-4(2,3)5/h9H,3-4H2,1-2H3,(H,10,11);5H,1-3H3. The summed E-state index contributed by atoms with van der Waals surface area (Å²) in [4.78, 5) is 10.2. The van der Waals surface area contributed by atoms with E-state index >= 15 is 0 Å². The van der Waals surface area contributed by atoms with Gasteiger partial charge in [-0.2, -0.15) is 5.26 Å². The van der Waals surface area contributed by atoms with Crippen molar-refractivity contribution in [3.63, 3.8) is 0 Å². The van der Waals surface area contributed by atoms with Crippen molar-refractivity contribution in [2.24, 2.45) is 0 Å². The number of carbonyl (C=O) groups is 1. The van der Waals surface area contributed by atoms with Gasteiger partial charge in [0.05, 0.1) is 11.7 Å². The maximum Gasteiger partial charge on any atom is 0.405 e. The van der Waals surface area contributed by atoms with E-state index in [9.17, 15) is 4.79 Å². The number of hydrogen-bond acceptors (Lipinski definition) is 3. The van der Waals surface area contributed by atoms with Gasteiger partial charge in [-0.15, -0.1) is 0 Å². The monoisotopic (exact) mass is 230 g/mol. The summed E-state index contributed by atoms with van der Waals surface area (Å²) >= 11 is 0. The quantitative estimate of drug-likeness (QED) is 0.692. The molecule has 0 saturated heterocycles. The number of rotatable bonds is 3. The van der Waals surface area contributed by atoms with Crippen molar-refractivity contribution < 1.29 is 15.0 Å². The molecule has 5 heteroatoms. The minimum Gasteiger partial charge on any atom is -0.465 e. The van der Waals surface area contributed by atoms with Crippen molar-refractivity contribution in [2.75, 3.05) is 0 Å². The third-order valence-electron chi connectivity index (χ3n) is 1.38. The summed E-state index contributed by atoms with van der Waals surface area (Å²) in [5, 5.41) is 27.6. The van der Waals surface area contributed by atoms with Crippen LogP contribution < -0.4 is 5.32 Å². The van der Waals surface area contributed by atoms with Gasteiger partial charge in [-0.25, -0.2) is 4.79 Å². The van der Waals surface area contributed by atoms with E-state index in [0.29, 0.717) is 6.42 Å². The predicted molar refractivity (Wildman–Crippen MR) is 62.1 cm³/mol. The second-order valence-corrected chi connectivity index (χ2v) is 4.79. The molecule has 1 atom stereocenters. The number of carboxylic acid groups (broad SMARTS) is 1. The molecular weight excluding hydrogens is 208 g/mol. The molecule has 0 aliphatic carbocycles. The topological polar surface area (TPSA) is 93.4 Å². The van der Waals surface area contributed by atoms with Crippen LogP contribution in [0.15, 0.2) is 0 Å². The number of nitriles is 1. The molecule has 0 fully saturated rings. The van der Waals surface area contributed by atoms with Crippen LogP contribution in [0.2, 0.25) is 0 Å². The van der Waals surface area contributed by atoms with E-state index < -0.39 is 17.2 Å². The Balaban J connectivity index is 0. The van der Waals surface area contributed by atoms with Gasteiger partial charge in [0.1, 0.15) is 5.54 Å². The minimum atomic E-state index is -1.15. The number of aliphatic hydroxyl groups is 1. The molecule has 0 bridgehead atoms. The van der Waals surface area contributed by atoms with Crippen molar-refractivity contribution in [1.82, 2.24) is 5.32 Å². The number of nitrogens with zero attached hydrogens (tertiary/aromatic N) is 1. The first-order valence-corrected chi connectivity index (χ1v) is 5.19. The second kappa shape index (κ2) is 7.07. The Morgan fingerprint density at radius 3 is 1.94 bits per heavy atom. The Morgan fingerprint density at radius 2 is 1.75 bits per heavy atom. The molecule has 0 aliphatic rings. The normalized spacial score (nSPS) is 13.8. The Hall–Kier alpha value is -1.28. The zero-order chi connectivity index (χ0) is 13.4.